The van der Waals surface area contributed by atoms with E-state index in [1.807, 2.05) is 55.5 Å². The first-order valence-electron chi connectivity index (χ1n) is 10.1. The number of carbonyl (C=O) groups excluding carboxylic acids is 2. The highest BCUT2D eigenvalue weighted by Gasteiger charge is 2.22. The number of nitrogens with zero attached hydrogens (tertiary/aromatic N) is 4. The van der Waals surface area contributed by atoms with E-state index < -0.39 is 0 Å². The van der Waals surface area contributed by atoms with Gasteiger partial charge in [0.2, 0.25) is 5.91 Å². The van der Waals surface area contributed by atoms with Crippen molar-refractivity contribution >= 4 is 17.5 Å². The second-order valence-corrected chi connectivity index (χ2v) is 7.30. The van der Waals surface area contributed by atoms with Crippen LogP contribution in [0.5, 0.6) is 0 Å². The molecule has 1 fully saturated rings. The Hall–Kier alpha value is -3.61. The van der Waals surface area contributed by atoms with Gasteiger partial charge in [-0.05, 0) is 37.3 Å². The summed E-state index contributed by atoms with van der Waals surface area (Å²) in [5, 5.41) is 7.10. The Balaban J connectivity index is 1.30. The fourth-order valence-corrected chi connectivity index (χ4v) is 3.63. The zero-order valence-corrected chi connectivity index (χ0v) is 17.0. The van der Waals surface area contributed by atoms with Crippen LogP contribution in [0.25, 0.3) is 5.69 Å². The van der Waals surface area contributed by atoms with Crippen molar-refractivity contribution in [1.82, 2.24) is 20.0 Å². The number of nitrogens with one attached hydrogen (secondary N) is 1. The number of hydrogen-bond donors (Lipinski definition) is 1. The number of carbonyl (C=O) groups is 2. The van der Waals surface area contributed by atoms with Gasteiger partial charge in [0.1, 0.15) is 0 Å². The zero-order valence-electron chi connectivity index (χ0n) is 17.0. The first-order valence-corrected chi connectivity index (χ1v) is 10.1. The lowest BCUT2D eigenvalue weighted by molar-refractivity contribution is -0.130. The molecular weight excluding hydrogens is 378 g/mol. The van der Waals surface area contributed by atoms with Gasteiger partial charge in [0.05, 0.1) is 12.2 Å². The molecule has 154 valence electrons. The average molecular weight is 403 g/mol. The minimum Gasteiger partial charge on any atom is -0.368 e. The number of aryl methyl sites for hydroxylation is 1. The minimum absolute atomic E-state index is 0.0264. The monoisotopic (exact) mass is 403 g/mol. The molecule has 1 N–H and O–H groups in total. The number of rotatable bonds is 5. The third-order valence-electron chi connectivity index (χ3n) is 5.27. The van der Waals surface area contributed by atoms with Gasteiger partial charge in [-0.2, -0.15) is 5.10 Å². The molecule has 0 saturated carbocycles. The molecular formula is C23H25N5O2. The number of anilines is 1. The summed E-state index contributed by atoms with van der Waals surface area (Å²) in [7, 11) is 0. The number of piperazine rings is 1. The standard InChI is InChI=1S/C23H25N5O2/c1-18-16-21(25-28(18)20-10-6-3-7-11-20)23(30)24-17-22(29)27-14-12-26(13-15-27)19-8-4-2-5-9-19/h2-11,16H,12-15,17H2,1H3,(H,24,30). The molecule has 1 aliphatic rings. The molecule has 7 nitrogen and oxygen atoms in total. The van der Waals surface area contributed by atoms with E-state index in [4.69, 9.17) is 0 Å². The lowest BCUT2D eigenvalue weighted by atomic mass is 10.2. The van der Waals surface area contributed by atoms with Crippen molar-refractivity contribution in [3.63, 3.8) is 0 Å². The average Bonchev–Trinajstić information content (AvgIpc) is 3.20. The van der Waals surface area contributed by atoms with E-state index in [1.54, 1.807) is 15.6 Å². The van der Waals surface area contributed by atoms with Crippen LogP contribution in [-0.2, 0) is 4.79 Å². The van der Waals surface area contributed by atoms with Gasteiger partial charge in [-0.3, -0.25) is 9.59 Å². The third kappa shape index (κ3) is 4.35. The van der Waals surface area contributed by atoms with E-state index in [1.165, 1.54) is 5.69 Å². The van der Waals surface area contributed by atoms with Gasteiger partial charge in [-0.15, -0.1) is 0 Å². The molecule has 4 rings (SSSR count). The smallest absolute Gasteiger partial charge is 0.272 e. The van der Waals surface area contributed by atoms with Crippen LogP contribution in [0.2, 0.25) is 0 Å². The highest BCUT2D eigenvalue weighted by molar-refractivity contribution is 5.95. The van der Waals surface area contributed by atoms with E-state index in [0.29, 0.717) is 18.8 Å². The summed E-state index contributed by atoms with van der Waals surface area (Å²) in [6, 6.07) is 21.6. The number of aromatic nitrogens is 2. The van der Waals surface area contributed by atoms with E-state index in [-0.39, 0.29) is 18.4 Å². The zero-order chi connectivity index (χ0) is 20.9. The number of para-hydroxylation sites is 2. The maximum Gasteiger partial charge on any atom is 0.272 e. The van der Waals surface area contributed by atoms with E-state index in [2.05, 4.69) is 27.4 Å². The van der Waals surface area contributed by atoms with Crippen LogP contribution in [0.4, 0.5) is 5.69 Å². The minimum atomic E-state index is -0.343. The summed E-state index contributed by atoms with van der Waals surface area (Å²) in [6.07, 6.45) is 0. The van der Waals surface area contributed by atoms with Gasteiger partial charge in [-0.1, -0.05) is 36.4 Å². The Bertz CT molecular complexity index is 1010. The summed E-state index contributed by atoms with van der Waals surface area (Å²) in [5.41, 5.74) is 3.22. The molecule has 0 bridgehead atoms. The Morgan fingerprint density at radius 3 is 2.13 bits per heavy atom. The van der Waals surface area contributed by atoms with Crippen LogP contribution in [0, 0.1) is 6.92 Å². The molecule has 1 aliphatic heterocycles. The van der Waals surface area contributed by atoms with Crippen LogP contribution in [0.15, 0.2) is 66.7 Å². The van der Waals surface area contributed by atoms with Crippen molar-refractivity contribution in [1.29, 1.82) is 0 Å². The van der Waals surface area contributed by atoms with Crippen LogP contribution in [0.3, 0.4) is 0 Å². The number of benzene rings is 2. The van der Waals surface area contributed by atoms with E-state index in [0.717, 1.165) is 24.5 Å². The summed E-state index contributed by atoms with van der Waals surface area (Å²) in [4.78, 5) is 29.1. The summed E-state index contributed by atoms with van der Waals surface area (Å²) >= 11 is 0. The molecule has 0 radical (unpaired) electrons. The van der Waals surface area contributed by atoms with Crippen molar-refractivity contribution in [3.05, 3.63) is 78.1 Å². The van der Waals surface area contributed by atoms with Gasteiger partial charge < -0.3 is 15.1 Å². The summed E-state index contributed by atoms with van der Waals surface area (Å²) < 4.78 is 1.72. The quantitative estimate of drug-likeness (QED) is 0.710. The molecule has 2 heterocycles. The van der Waals surface area contributed by atoms with Crippen LogP contribution in [0.1, 0.15) is 16.2 Å². The molecule has 0 unspecified atom stereocenters. The van der Waals surface area contributed by atoms with Crippen LogP contribution < -0.4 is 10.2 Å². The Kier molecular flexibility index (Phi) is 5.79. The van der Waals surface area contributed by atoms with Gasteiger partial charge in [0.15, 0.2) is 5.69 Å². The van der Waals surface area contributed by atoms with Crippen LogP contribution >= 0.6 is 0 Å². The Morgan fingerprint density at radius 1 is 0.900 bits per heavy atom. The largest absolute Gasteiger partial charge is 0.368 e. The second-order valence-electron chi connectivity index (χ2n) is 7.30. The maximum absolute atomic E-state index is 12.5. The second kappa shape index (κ2) is 8.82. The van der Waals surface area contributed by atoms with Crippen LogP contribution in [-0.4, -0.2) is 59.2 Å². The fourth-order valence-electron chi connectivity index (χ4n) is 3.63. The van der Waals surface area contributed by atoms with E-state index in [9.17, 15) is 9.59 Å². The predicted octanol–water partition coefficient (Wildman–Crippen LogP) is 2.26. The lowest BCUT2D eigenvalue weighted by Crippen LogP contribution is -2.51. The van der Waals surface area contributed by atoms with Gasteiger partial charge in [0, 0.05) is 37.6 Å². The first-order chi connectivity index (χ1) is 14.6. The molecule has 30 heavy (non-hydrogen) atoms. The molecule has 1 aromatic heterocycles. The fraction of sp³-hybridized carbons (Fsp3) is 0.261. The highest BCUT2D eigenvalue weighted by atomic mass is 16.2. The van der Waals surface area contributed by atoms with Crippen molar-refractivity contribution in [2.75, 3.05) is 37.6 Å². The SMILES string of the molecule is Cc1cc(C(=O)NCC(=O)N2CCN(c3ccccc3)CC2)nn1-c1ccccc1. The predicted molar refractivity (Wildman–Crippen MR) is 116 cm³/mol. The Morgan fingerprint density at radius 2 is 1.50 bits per heavy atom. The molecule has 7 heteroatoms. The summed E-state index contributed by atoms with van der Waals surface area (Å²) in [5.74, 6) is -0.417. The Labute approximate surface area is 175 Å². The van der Waals surface area contributed by atoms with Crippen molar-refractivity contribution in [2.45, 2.75) is 6.92 Å². The molecule has 3 aromatic rings. The molecule has 0 atom stereocenters. The molecule has 2 amide bonds. The topological polar surface area (TPSA) is 70.5 Å². The maximum atomic E-state index is 12.5. The van der Waals surface area contributed by atoms with Crippen molar-refractivity contribution in [2.24, 2.45) is 0 Å². The van der Waals surface area contributed by atoms with Crippen molar-refractivity contribution in [3.8, 4) is 5.69 Å². The molecule has 0 spiro atoms. The molecule has 0 aliphatic carbocycles. The lowest BCUT2D eigenvalue weighted by Gasteiger charge is -2.36. The van der Waals surface area contributed by atoms with Gasteiger partial charge in [-0.25, -0.2) is 4.68 Å². The number of hydrogen-bond acceptors (Lipinski definition) is 4. The third-order valence-corrected chi connectivity index (χ3v) is 5.27. The van der Waals surface area contributed by atoms with Gasteiger partial charge >= 0.3 is 0 Å². The number of amides is 2. The van der Waals surface area contributed by atoms with E-state index >= 15 is 0 Å². The molecule has 1 saturated heterocycles. The van der Waals surface area contributed by atoms with Gasteiger partial charge in [0.25, 0.3) is 5.91 Å². The normalized spacial score (nSPS) is 13.9. The highest BCUT2D eigenvalue weighted by Crippen LogP contribution is 2.15. The summed E-state index contributed by atoms with van der Waals surface area (Å²) in [6.45, 7) is 4.72. The first kappa shape index (κ1) is 19.7. The molecule has 2 aromatic carbocycles. The van der Waals surface area contributed by atoms with Crippen molar-refractivity contribution < 1.29 is 9.59 Å².